The number of rotatable bonds is 5. The zero-order chi connectivity index (χ0) is 19.0. The van der Waals surface area contributed by atoms with Crippen molar-refractivity contribution in [2.75, 3.05) is 37.6 Å². The molecule has 3 saturated carbocycles. The molecule has 4 fully saturated rings. The number of piperazine rings is 1. The van der Waals surface area contributed by atoms with Gasteiger partial charge in [-0.1, -0.05) is 39.0 Å². The number of anilines is 1. The van der Waals surface area contributed by atoms with Gasteiger partial charge >= 0.3 is 5.97 Å². The molecule has 0 radical (unpaired) electrons. The molecule has 1 heterocycles. The Morgan fingerprint density at radius 2 is 1.81 bits per heavy atom. The van der Waals surface area contributed by atoms with E-state index in [1.54, 1.807) is 0 Å². The highest BCUT2D eigenvalue weighted by molar-refractivity contribution is 5.69. The number of esters is 1. The van der Waals surface area contributed by atoms with Crippen LogP contribution in [0.2, 0.25) is 0 Å². The third-order valence-corrected chi connectivity index (χ3v) is 7.69. The molecular formula is C23H34N2O2. The molecule has 0 unspecified atom stereocenters. The fourth-order valence-electron chi connectivity index (χ4n) is 5.60. The van der Waals surface area contributed by atoms with E-state index in [0.717, 1.165) is 51.0 Å². The number of nitrogens with zero attached hydrogens (tertiary/aromatic N) is 2. The summed E-state index contributed by atoms with van der Waals surface area (Å²) in [6.45, 7) is 11.9. The standard InChI is InChI=1S/C23H34N2O2/c1-17-20-15-18(23(20,2)3)16-21(17)27-22(26)9-10-24-11-13-25(14-12-24)19-7-5-4-6-8-19/h4-8,17-18,20-21H,9-16H2,1-3H3/t17-,18+,20-,21-/m1/s1. The van der Waals surface area contributed by atoms with Gasteiger partial charge in [-0.05, 0) is 48.1 Å². The van der Waals surface area contributed by atoms with Crippen LogP contribution in [0.1, 0.15) is 40.0 Å². The number of carbonyl (C=O) groups excluding carboxylic acids is 1. The van der Waals surface area contributed by atoms with Gasteiger partial charge in [-0.3, -0.25) is 9.69 Å². The second-order valence-corrected chi connectivity index (χ2v) is 9.40. The molecule has 27 heavy (non-hydrogen) atoms. The van der Waals surface area contributed by atoms with Gasteiger partial charge < -0.3 is 9.64 Å². The molecule has 1 aromatic carbocycles. The molecule has 148 valence electrons. The molecule has 5 rings (SSSR count). The fourth-order valence-corrected chi connectivity index (χ4v) is 5.60. The smallest absolute Gasteiger partial charge is 0.307 e. The summed E-state index contributed by atoms with van der Waals surface area (Å²) in [5.41, 5.74) is 1.74. The summed E-state index contributed by atoms with van der Waals surface area (Å²) in [7, 11) is 0. The monoisotopic (exact) mass is 370 g/mol. The zero-order valence-electron chi connectivity index (χ0n) is 17.1. The van der Waals surface area contributed by atoms with E-state index in [2.05, 4.69) is 60.9 Å². The van der Waals surface area contributed by atoms with Gasteiger partial charge in [0.2, 0.25) is 0 Å². The first-order valence-corrected chi connectivity index (χ1v) is 10.7. The number of hydrogen-bond acceptors (Lipinski definition) is 4. The van der Waals surface area contributed by atoms with Gasteiger partial charge in [0, 0.05) is 38.4 Å². The molecule has 1 aromatic rings. The number of fused-ring (bicyclic) bond motifs is 2. The average Bonchev–Trinajstić information content (AvgIpc) is 2.68. The van der Waals surface area contributed by atoms with E-state index >= 15 is 0 Å². The third-order valence-electron chi connectivity index (χ3n) is 7.69. The van der Waals surface area contributed by atoms with E-state index in [9.17, 15) is 4.79 Å². The molecule has 4 atom stereocenters. The third kappa shape index (κ3) is 3.73. The molecule has 0 spiro atoms. The highest BCUT2D eigenvalue weighted by Gasteiger charge is 2.57. The van der Waals surface area contributed by atoms with Crippen LogP contribution in [0.15, 0.2) is 30.3 Å². The number of carbonyl (C=O) groups is 1. The van der Waals surface area contributed by atoms with Crippen molar-refractivity contribution in [1.82, 2.24) is 4.90 Å². The van der Waals surface area contributed by atoms with Gasteiger partial charge in [-0.25, -0.2) is 0 Å². The summed E-state index contributed by atoms with van der Waals surface area (Å²) in [6.07, 6.45) is 3.05. The van der Waals surface area contributed by atoms with Crippen LogP contribution in [0.3, 0.4) is 0 Å². The molecule has 0 amide bonds. The van der Waals surface area contributed by atoms with Crippen LogP contribution >= 0.6 is 0 Å². The van der Waals surface area contributed by atoms with Crippen molar-refractivity contribution in [3.63, 3.8) is 0 Å². The summed E-state index contributed by atoms with van der Waals surface area (Å²) in [5, 5.41) is 0. The van der Waals surface area contributed by atoms with E-state index < -0.39 is 0 Å². The van der Waals surface area contributed by atoms with Crippen molar-refractivity contribution in [1.29, 1.82) is 0 Å². The minimum Gasteiger partial charge on any atom is -0.462 e. The van der Waals surface area contributed by atoms with Crippen molar-refractivity contribution < 1.29 is 9.53 Å². The number of benzene rings is 1. The Kier molecular flexibility index (Phi) is 5.19. The first-order chi connectivity index (χ1) is 12.9. The van der Waals surface area contributed by atoms with Crippen LogP contribution in [0.25, 0.3) is 0 Å². The van der Waals surface area contributed by atoms with Gasteiger partial charge in [0.05, 0.1) is 6.42 Å². The van der Waals surface area contributed by atoms with E-state index in [4.69, 9.17) is 4.74 Å². The van der Waals surface area contributed by atoms with Crippen molar-refractivity contribution in [3.8, 4) is 0 Å². The van der Waals surface area contributed by atoms with E-state index in [-0.39, 0.29) is 12.1 Å². The molecule has 0 aromatic heterocycles. The fraction of sp³-hybridized carbons (Fsp3) is 0.696. The number of para-hydroxylation sites is 1. The Bertz CT molecular complexity index is 652. The van der Waals surface area contributed by atoms with Gasteiger partial charge in [0.1, 0.15) is 6.10 Å². The Labute approximate surface area is 163 Å². The molecule has 3 aliphatic carbocycles. The van der Waals surface area contributed by atoms with Gasteiger partial charge in [-0.15, -0.1) is 0 Å². The van der Waals surface area contributed by atoms with Crippen LogP contribution in [0.5, 0.6) is 0 Å². The predicted octanol–water partition coefficient (Wildman–Crippen LogP) is 3.81. The predicted molar refractivity (Wildman–Crippen MR) is 109 cm³/mol. The Hall–Kier alpha value is -1.55. The second-order valence-electron chi connectivity index (χ2n) is 9.40. The Balaban J connectivity index is 1.19. The summed E-state index contributed by atoms with van der Waals surface area (Å²) in [6, 6.07) is 10.6. The van der Waals surface area contributed by atoms with Crippen molar-refractivity contribution >= 4 is 11.7 Å². The van der Waals surface area contributed by atoms with Crippen molar-refractivity contribution in [3.05, 3.63) is 30.3 Å². The largest absolute Gasteiger partial charge is 0.462 e. The lowest BCUT2D eigenvalue weighted by atomic mass is 9.45. The Morgan fingerprint density at radius 1 is 1.11 bits per heavy atom. The summed E-state index contributed by atoms with van der Waals surface area (Å²) >= 11 is 0. The maximum absolute atomic E-state index is 12.4. The molecule has 1 saturated heterocycles. The SMILES string of the molecule is C[C@@H]1[C@H]2C[C@@H](C[C@H]1OC(=O)CCN1CCN(c3ccccc3)CC1)C2(C)C. The summed E-state index contributed by atoms with van der Waals surface area (Å²) in [5.74, 6) is 1.96. The number of hydrogen-bond donors (Lipinski definition) is 0. The van der Waals surface area contributed by atoms with Gasteiger partial charge in [0.15, 0.2) is 0 Å². The van der Waals surface area contributed by atoms with Crippen LogP contribution in [-0.2, 0) is 9.53 Å². The molecule has 4 heteroatoms. The van der Waals surface area contributed by atoms with E-state index in [0.29, 0.717) is 17.8 Å². The summed E-state index contributed by atoms with van der Waals surface area (Å²) in [4.78, 5) is 17.2. The minimum absolute atomic E-state index is 0.00329. The average molecular weight is 371 g/mol. The van der Waals surface area contributed by atoms with Crippen LogP contribution in [-0.4, -0.2) is 49.7 Å². The van der Waals surface area contributed by atoms with E-state index in [1.807, 2.05) is 0 Å². The van der Waals surface area contributed by atoms with Crippen LogP contribution in [0.4, 0.5) is 5.69 Å². The van der Waals surface area contributed by atoms with Gasteiger partial charge in [-0.2, -0.15) is 0 Å². The minimum atomic E-state index is -0.00329. The number of ether oxygens (including phenoxy) is 1. The molecule has 1 aliphatic heterocycles. The topological polar surface area (TPSA) is 32.8 Å². The normalized spacial score (nSPS) is 32.6. The van der Waals surface area contributed by atoms with Crippen molar-refractivity contribution in [2.24, 2.45) is 23.2 Å². The molecule has 4 nitrogen and oxygen atoms in total. The molecule has 2 bridgehead atoms. The molecular weight excluding hydrogens is 336 g/mol. The highest BCUT2D eigenvalue weighted by atomic mass is 16.5. The molecule has 0 N–H and O–H groups in total. The second kappa shape index (κ2) is 7.46. The van der Waals surface area contributed by atoms with Crippen molar-refractivity contribution in [2.45, 2.75) is 46.1 Å². The van der Waals surface area contributed by atoms with Gasteiger partial charge in [0.25, 0.3) is 0 Å². The maximum atomic E-state index is 12.4. The zero-order valence-corrected chi connectivity index (χ0v) is 17.1. The first-order valence-electron chi connectivity index (χ1n) is 10.7. The van der Waals surface area contributed by atoms with Crippen LogP contribution < -0.4 is 4.90 Å². The van der Waals surface area contributed by atoms with E-state index in [1.165, 1.54) is 12.1 Å². The Morgan fingerprint density at radius 3 is 2.44 bits per heavy atom. The maximum Gasteiger partial charge on any atom is 0.307 e. The lowest BCUT2D eigenvalue weighted by molar-refractivity contribution is -0.186. The summed E-state index contributed by atoms with van der Waals surface area (Å²) < 4.78 is 5.90. The quantitative estimate of drug-likeness (QED) is 0.738. The van der Waals surface area contributed by atoms with Crippen LogP contribution in [0, 0.1) is 23.2 Å². The lowest BCUT2D eigenvalue weighted by Crippen LogP contribution is -2.57. The highest BCUT2D eigenvalue weighted by Crippen LogP contribution is 2.61. The first kappa shape index (κ1) is 18.8. The molecule has 4 aliphatic rings. The lowest BCUT2D eigenvalue weighted by Gasteiger charge is -2.61.